The molecule has 2 amide bonds. The Bertz CT molecular complexity index is 1550. The van der Waals surface area contributed by atoms with Crippen molar-refractivity contribution in [2.75, 3.05) is 23.0 Å². The van der Waals surface area contributed by atoms with Crippen molar-refractivity contribution in [3.63, 3.8) is 0 Å². The zero-order valence-corrected chi connectivity index (χ0v) is 19.5. The van der Waals surface area contributed by atoms with E-state index in [4.69, 9.17) is 0 Å². The summed E-state index contributed by atoms with van der Waals surface area (Å²) in [5, 5.41) is 7.70. The highest BCUT2D eigenvalue weighted by Crippen LogP contribution is 2.30. The van der Waals surface area contributed by atoms with Gasteiger partial charge in [-0.1, -0.05) is 0 Å². The standard InChI is InChI=1S/C25H20F5N5O2/c1-13-7-19(27)20(34-24(37)33-16-5-3-15(26)4-6-16)9-17(13)18-8-14-11-32-22(31-2)10-21(14)35(23(18)36)12-25(28,29)30/h3-11H,12H2,1-2H3,(H,31,32)(H2,33,34,37). The van der Waals surface area contributed by atoms with E-state index >= 15 is 0 Å². The average Bonchev–Trinajstić information content (AvgIpc) is 2.83. The molecule has 0 aliphatic rings. The molecule has 192 valence electrons. The number of hydrogen-bond acceptors (Lipinski definition) is 4. The Balaban J connectivity index is 1.79. The van der Waals surface area contributed by atoms with Crippen molar-refractivity contribution in [1.29, 1.82) is 0 Å². The monoisotopic (exact) mass is 517 g/mol. The van der Waals surface area contributed by atoms with E-state index in [1.54, 1.807) is 0 Å². The summed E-state index contributed by atoms with van der Waals surface area (Å²) in [7, 11) is 1.54. The minimum Gasteiger partial charge on any atom is -0.373 e. The van der Waals surface area contributed by atoms with E-state index in [1.165, 1.54) is 50.5 Å². The van der Waals surface area contributed by atoms with Crippen LogP contribution in [0.3, 0.4) is 0 Å². The van der Waals surface area contributed by atoms with Gasteiger partial charge in [-0.05, 0) is 60.5 Å². The second-order valence-electron chi connectivity index (χ2n) is 8.18. The molecule has 0 bridgehead atoms. The Labute approximate surface area is 207 Å². The van der Waals surface area contributed by atoms with E-state index in [9.17, 15) is 31.5 Å². The summed E-state index contributed by atoms with van der Waals surface area (Å²) < 4.78 is 68.5. The molecule has 2 aromatic carbocycles. The Morgan fingerprint density at radius 2 is 1.70 bits per heavy atom. The molecular weight excluding hydrogens is 497 g/mol. The predicted molar refractivity (Wildman–Crippen MR) is 131 cm³/mol. The molecule has 0 fully saturated rings. The molecule has 0 atom stereocenters. The lowest BCUT2D eigenvalue weighted by Gasteiger charge is -2.17. The van der Waals surface area contributed by atoms with Crippen LogP contribution in [-0.4, -0.2) is 28.8 Å². The van der Waals surface area contributed by atoms with Crippen molar-refractivity contribution >= 4 is 34.1 Å². The molecule has 0 saturated carbocycles. The highest BCUT2D eigenvalue weighted by atomic mass is 19.4. The molecule has 2 heterocycles. The van der Waals surface area contributed by atoms with Crippen LogP contribution in [0.15, 0.2) is 59.5 Å². The number of aryl methyl sites for hydroxylation is 1. The zero-order valence-electron chi connectivity index (χ0n) is 19.5. The molecule has 0 saturated heterocycles. The number of pyridine rings is 2. The lowest BCUT2D eigenvalue weighted by atomic mass is 9.99. The molecule has 0 spiro atoms. The highest BCUT2D eigenvalue weighted by Gasteiger charge is 2.30. The molecule has 3 N–H and O–H groups in total. The van der Waals surface area contributed by atoms with Crippen LogP contribution in [0.25, 0.3) is 22.0 Å². The average molecular weight is 517 g/mol. The number of amides is 2. The maximum absolute atomic E-state index is 14.7. The van der Waals surface area contributed by atoms with Crippen LogP contribution in [0.5, 0.6) is 0 Å². The van der Waals surface area contributed by atoms with Gasteiger partial charge < -0.3 is 16.0 Å². The van der Waals surface area contributed by atoms with E-state index in [0.29, 0.717) is 4.57 Å². The third kappa shape index (κ3) is 5.68. The number of nitrogens with one attached hydrogen (secondary N) is 3. The molecule has 2 aromatic heterocycles. The molecule has 0 aliphatic carbocycles. The van der Waals surface area contributed by atoms with E-state index < -0.39 is 35.9 Å². The minimum absolute atomic E-state index is 0.0159. The van der Waals surface area contributed by atoms with E-state index in [0.717, 1.165) is 18.2 Å². The van der Waals surface area contributed by atoms with Crippen molar-refractivity contribution in [3.05, 3.63) is 82.3 Å². The van der Waals surface area contributed by atoms with E-state index in [2.05, 4.69) is 20.9 Å². The lowest BCUT2D eigenvalue weighted by Crippen LogP contribution is -2.29. The number of nitrogens with zero attached hydrogens (tertiary/aromatic N) is 2. The number of urea groups is 1. The number of halogens is 5. The summed E-state index contributed by atoms with van der Waals surface area (Å²) in [5.41, 5.74) is -0.752. The Morgan fingerprint density at radius 1 is 1.00 bits per heavy atom. The molecule has 12 heteroatoms. The van der Waals surface area contributed by atoms with Crippen LogP contribution in [-0.2, 0) is 6.54 Å². The number of fused-ring (bicyclic) bond motifs is 1. The molecule has 7 nitrogen and oxygen atoms in total. The van der Waals surface area contributed by atoms with Gasteiger partial charge in [0.1, 0.15) is 24.0 Å². The number of carbonyl (C=O) groups is 1. The summed E-state index contributed by atoms with van der Waals surface area (Å²) in [4.78, 5) is 29.8. The number of anilines is 3. The largest absolute Gasteiger partial charge is 0.406 e. The van der Waals surface area contributed by atoms with Crippen LogP contribution >= 0.6 is 0 Å². The Kier molecular flexibility index (Phi) is 6.84. The number of alkyl halides is 3. The van der Waals surface area contributed by atoms with Crippen LogP contribution in [0.4, 0.5) is 43.9 Å². The number of rotatable bonds is 5. The normalized spacial score (nSPS) is 11.4. The first kappa shape index (κ1) is 25.6. The van der Waals surface area contributed by atoms with Crippen LogP contribution in [0.1, 0.15) is 5.56 Å². The van der Waals surface area contributed by atoms with Crippen LogP contribution in [0.2, 0.25) is 0 Å². The third-order valence-corrected chi connectivity index (χ3v) is 5.53. The quantitative estimate of drug-likeness (QED) is 0.288. The fourth-order valence-corrected chi connectivity index (χ4v) is 3.81. The fraction of sp³-hybridized carbons (Fsp3) is 0.160. The smallest absolute Gasteiger partial charge is 0.373 e. The van der Waals surface area contributed by atoms with Crippen molar-refractivity contribution in [3.8, 4) is 11.1 Å². The first-order valence-corrected chi connectivity index (χ1v) is 10.9. The van der Waals surface area contributed by atoms with Gasteiger partial charge >= 0.3 is 12.2 Å². The van der Waals surface area contributed by atoms with Gasteiger partial charge in [-0.15, -0.1) is 0 Å². The van der Waals surface area contributed by atoms with Crippen LogP contribution in [0, 0.1) is 18.6 Å². The first-order valence-electron chi connectivity index (χ1n) is 10.9. The summed E-state index contributed by atoms with van der Waals surface area (Å²) in [6.07, 6.45) is -3.37. The van der Waals surface area contributed by atoms with E-state index in [-0.39, 0.29) is 44.8 Å². The van der Waals surface area contributed by atoms with E-state index in [1.807, 2.05) is 0 Å². The predicted octanol–water partition coefficient (Wildman–Crippen LogP) is 5.90. The maximum Gasteiger partial charge on any atom is 0.406 e. The lowest BCUT2D eigenvalue weighted by molar-refractivity contribution is -0.140. The summed E-state index contributed by atoms with van der Waals surface area (Å²) in [5.74, 6) is -1.07. The van der Waals surface area contributed by atoms with Crippen molar-refractivity contribution in [2.45, 2.75) is 19.6 Å². The Hall–Kier alpha value is -4.48. The van der Waals surface area contributed by atoms with Crippen molar-refractivity contribution in [2.24, 2.45) is 0 Å². The summed E-state index contributed by atoms with van der Waals surface area (Å²) in [6, 6.07) is 8.94. The van der Waals surface area contributed by atoms with Gasteiger partial charge in [-0.25, -0.2) is 18.6 Å². The molecule has 4 rings (SSSR count). The number of carbonyl (C=O) groups excluding carboxylic acids is 1. The molecule has 0 aliphatic heterocycles. The van der Waals surface area contributed by atoms with Crippen molar-refractivity contribution in [1.82, 2.24) is 9.55 Å². The van der Waals surface area contributed by atoms with Gasteiger partial charge in [0.25, 0.3) is 5.56 Å². The molecular formula is C25H20F5N5O2. The van der Waals surface area contributed by atoms with Crippen LogP contribution < -0.4 is 21.5 Å². The maximum atomic E-state index is 14.7. The second-order valence-corrected chi connectivity index (χ2v) is 8.18. The van der Waals surface area contributed by atoms with Crippen molar-refractivity contribution < 1.29 is 26.7 Å². The minimum atomic E-state index is -4.69. The second kappa shape index (κ2) is 9.88. The molecule has 37 heavy (non-hydrogen) atoms. The SMILES string of the molecule is CNc1cc2c(cn1)cc(-c1cc(NC(=O)Nc3ccc(F)cc3)c(F)cc1C)c(=O)n2CC(F)(F)F. The fourth-order valence-electron chi connectivity index (χ4n) is 3.81. The van der Waals surface area contributed by atoms with Gasteiger partial charge in [-0.3, -0.25) is 9.36 Å². The molecule has 0 unspecified atom stereocenters. The van der Waals surface area contributed by atoms with Gasteiger partial charge in [0.15, 0.2) is 0 Å². The highest BCUT2D eigenvalue weighted by molar-refractivity contribution is 6.00. The topological polar surface area (TPSA) is 88.1 Å². The van der Waals surface area contributed by atoms with Gasteiger partial charge in [0.2, 0.25) is 0 Å². The molecule has 4 aromatic rings. The Morgan fingerprint density at radius 3 is 2.35 bits per heavy atom. The summed E-state index contributed by atoms with van der Waals surface area (Å²) >= 11 is 0. The third-order valence-electron chi connectivity index (χ3n) is 5.53. The summed E-state index contributed by atoms with van der Waals surface area (Å²) in [6.45, 7) is -0.0599. The molecule has 0 radical (unpaired) electrons. The van der Waals surface area contributed by atoms with Gasteiger partial charge in [0.05, 0.1) is 11.2 Å². The number of benzene rings is 2. The first-order chi connectivity index (χ1) is 17.4. The van der Waals surface area contributed by atoms with Gasteiger partial charge in [0, 0.05) is 35.9 Å². The van der Waals surface area contributed by atoms with Gasteiger partial charge in [-0.2, -0.15) is 13.2 Å². The zero-order chi connectivity index (χ0) is 26.9. The number of aromatic nitrogens is 2. The number of hydrogen-bond donors (Lipinski definition) is 3.